The number of hydrogen-bond donors (Lipinski definition) is 2. The molecule has 0 aromatic carbocycles. The smallest absolute Gasteiger partial charge is 0.410 e. The number of rotatable bonds is 5. The zero-order valence-corrected chi connectivity index (χ0v) is 14.0. The van der Waals surface area contributed by atoms with Crippen LogP contribution < -0.4 is 5.48 Å². The molecule has 7 nitrogen and oxygen atoms in total. The maximum atomic E-state index is 12.4. The molecule has 1 amide bonds. The van der Waals surface area contributed by atoms with Gasteiger partial charge in [-0.2, -0.15) is 0 Å². The fraction of sp³-hybridized carbons (Fsp3) is 0.867. The third-order valence-corrected chi connectivity index (χ3v) is 3.65. The molecular formula is C15H28N2O5. The minimum absolute atomic E-state index is 0.252. The Hall–Kier alpha value is -1.34. The fourth-order valence-electron chi connectivity index (χ4n) is 2.67. The summed E-state index contributed by atoms with van der Waals surface area (Å²) in [5, 5.41) is 8.84. The van der Waals surface area contributed by atoms with Crippen molar-refractivity contribution in [1.29, 1.82) is 0 Å². The summed E-state index contributed by atoms with van der Waals surface area (Å²) in [6.45, 7) is 8.55. The molecule has 0 aromatic rings. The second-order valence-corrected chi connectivity index (χ2v) is 6.66. The van der Waals surface area contributed by atoms with Crippen LogP contribution in [0, 0.1) is 5.41 Å². The molecule has 0 aromatic heterocycles. The van der Waals surface area contributed by atoms with Gasteiger partial charge in [0.1, 0.15) is 5.60 Å². The number of ether oxygens (including phenoxy) is 2. The van der Waals surface area contributed by atoms with Gasteiger partial charge in [-0.1, -0.05) is 0 Å². The Bertz CT molecular complexity index is 394. The summed E-state index contributed by atoms with van der Waals surface area (Å²) in [5.41, 5.74) is 0.710. The second-order valence-electron chi connectivity index (χ2n) is 6.66. The fourth-order valence-corrected chi connectivity index (χ4v) is 2.67. The van der Waals surface area contributed by atoms with Crippen molar-refractivity contribution in [2.24, 2.45) is 5.41 Å². The molecule has 0 bridgehead atoms. The summed E-state index contributed by atoms with van der Waals surface area (Å²) in [6.07, 6.45) is 1.32. The lowest BCUT2D eigenvalue weighted by Gasteiger charge is -2.41. The molecule has 1 saturated heterocycles. The topological polar surface area (TPSA) is 88.1 Å². The van der Waals surface area contributed by atoms with Gasteiger partial charge in [-0.3, -0.25) is 4.79 Å². The molecule has 1 atom stereocenters. The van der Waals surface area contributed by atoms with Crippen LogP contribution in [0.25, 0.3) is 0 Å². The Labute approximate surface area is 131 Å². The van der Waals surface area contributed by atoms with Crippen molar-refractivity contribution in [2.45, 2.75) is 52.6 Å². The largest absolute Gasteiger partial charge is 0.466 e. The van der Waals surface area contributed by atoms with Gasteiger partial charge in [0.25, 0.3) is 0 Å². The number of hydroxylamine groups is 1. The predicted molar refractivity (Wildman–Crippen MR) is 80.5 cm³/mol. The Kier molecular flexibility index (Phi) is 6.62. The van der Waals surface area contributed by atoms with Gasteiger partial charge in [0.15, 0.2) is 0 Å². The molecule has 1 rings (SSSR count). The van der Waals surface area contributed by atoms with E-state index in [1.54, 1.807) is 11.8 Å². The first-order valence-electron chi connectivity index (χ1n) is 7.76. The van der Waals surface area contributed by atoms with Gasteiger partial charge in [-0.15, -0.1) is 0 Å². The highest BCUT2D eigenvalue weighted by Crippen LogP contribution is 2.35. The zero-order valence-electron chi connectivity index (χ0n) is 14.0. The SMILES string of the molecule is CCOC(=O)C1(CCNO)CCCN(C(=O)OC(C)(C)C)C1. The van der Waals surface area contributed by atoms with Crippen LogP contribution in [0.15, 0.2) is 0 Å². The van der Waals surface area contributed by atoms with E-state index in [-0.39, 0.29) is 19.1 Å². The monoisotopic (exact) mass is 316 g/mol. The number of likely N-dealkylation sites (tertiary alicyclic amines) is 1. The molecule has 0 aliphatic carbocycles. The summed E-state index contributed by atoms with van der Waals surface area (Å²) < 4.78 is 10.6. The summed E-state index contributed by atoms with van der Waals surface area (Å²) in [4.78, 5) is 26.2. The summed E-state index contributed by atoms with van der Waals surface area (Å²) in [6, 6.07) is 0. The summed E-state index contributed by atoms with van der Waals surface area (Å²) in [7, 11) is 0. The van der Waals surface area contributed by atoms with Crippen LogP contribution in [0.4, 0.5) is 4.79 Å². The van der Waals surface area contributed by atoms with Gasteiger partial charge in [0, 0.05) is 19.6 Å². The van der Waals surface area contributed by atoms with Crippen LogP contribution in [0.3, 0.4) is 0 Å². The normalized spacial score (nSPS) is 22.3. The van der Waals surface area contributed by atoms with E-state index in [1.165, 1.54) is 0 Å². The lowest BCUT2D eigenvalue weighted by molar-refractivity contribution is -0.159. The van der Waals surface area contributed by atoms with Gasteiger partial charge in [0.05, 0.1) is 12.0 Å². The van der Waals surface area contributed by atoms with E-state index < -0.39 is 17.1 Å². The molecule has 0 saturated carbocycles. The highest BCUT2D eigenvalue weighted by atomic mass is 16.6. The summed E-state index contributed by atoms with van der Waals surface area (Å²) in [5.74, 6) is -0.321. The van der Waals surface area contributed by atoms with E-state index in [1.807, 2.05) is 20.8 Å². The Balaban J connectivity index is 2.85. The molecule has 1 heterocycles. The molecule has 1 unspecified atom stereocenters. The van der Waals surface area contributed by atoms with Crippen molar-refractivity contribution in [3.63, 3.8) is 0 Å². The number of nitrogens with one attached hydrogen (secondary N) is 1. The molecule has 1 aliphatic heterocycles. The Morgan fingerprint density at radius 1 is 1.36 bits per heavy atom. The van der Waals surface area contributed by atoms with Crippen molar-refractivity contribution in [3.8, 4) is 0 Å². The van der Waals surface area contributed by atoms with Crippen LogP contribution in [0.2, 0.25) is 0 Å². The third kappa shape index (κ3) is 5.14. The average molecular weight is 316 g/mol. The van der Waals surface area contributed by atoms with Gasteiger partial charge in [-0.05, 0) is 47.0 Å². The number of amides is 1. The lowest BCUT2D eigenvalue weighted by Crippen LogP contribution is -2.52. The van der Waals surface area contributed by atoms with Crippen LogP contribution in [-0.4, -0.2) is 54.0 Å². The Morgan fingerprint density at radius 2 is 2.05 bits per heavy atom. The van der Waals surface area contributed by atoms with E-state index in [4.69, 9.17) is 14.7 Å². The van der Waals surface area contributed by atoms with Crippen LogP contribution in [0.5, 0.6) is 0 Å². The third-order valence-electron chi connectivity index (χ3n) is 3.65. The van der Waals surface area contributed by atoms with Crippen molar-refractivity contribution < 1.29 is 24.3 Å². The molecule has 0 radical (unpaired) electrons. The van der Waals surface area contributed by atoms with E-state index in [0.29, 0.717) is 32.4 Å². The maximum absolute atomic E-state index is 12.4. The molecule has 1 aliphatic rings. The highest BCUT2D eigenvalue weighted by molar-refractivity contribution is 5.79. The molecule has 1 fully saturated rings. The molecule has 2 N–H and O–H groups in total. The number of nitrogens with zero attached hydrogens (tertiary/aromatic N) is 1. The first-order valence-corrected chi connectivity index (χ1v) is 7.76. The van der Waals surface area contributed by atoms with E-state index in [0.717, 1.165) is 0 Å². The van der Waals surface area contributed by atoms with Crippen molar-refractivity contribution in [3.05, 3.63) is 0 Å². The number of esters is 1. The minimum Gasteiger partial charge on any atom is -0.466 e. The second kappa shape index (κ2) is 7.78. The van der Waals surface area contributed by atoms with Crippen LogP contribution >= 0.6 is 0 Å². The predicted octanol–water partition coefficient (Wildman–Crippen LogP) is 1.94. The Morgan fingerprint density at radius 3 is 2.59 bits per heavy atom. The molecular weight excluding hydrogens is 288 g/mol. The molecule has 0 spiro atoms. The molecule has 128 valence electrons. The number of piperidine rings is 1. The van der Waals surface area contributed by atoms with E-state index >= 15 is 0 Å². The van der Waals surface area contributed by atoms with Crippen molar-refractivity contribution >= 4 is 12.1 Å². The first-order chi connectivity index (χ1) is 10.2. The van der Waals surface area contributed by atoms with Gasteiger partial charge in [-0.25, -0.2) is 10.3 Å². The standard InChI is InChI=1S/C15H28N2O5/c1-5-21-12(18)15(8-9-16-20)7-6-10-17(11-15)13(19)22-14(2,3)4/h16,20H,5-11H2,1-4H3. The average Bonchev–Trinajstić information content (AvgIpc) is 2.44. The number of hydrogen-bond acceptors (Lipinski definition) is 6. The number of carbonyl (C=O) groups excluding carboxylic acids is 2. The van der Waals surface area contributed by atoms with Gasteiger partial charge in [0.2, 0.25) is 0 Å². The van der Waals surface area contributed by atoms with Crippen molar-refractivity contribution in [2.75, 3.05) is 26.2 Å². The maximum Gasteiger partial charge on any atom is 0.410 e. The van der Waals surface area contributed by atoms with Crippen LogP contribution in [0.1, 0.15) is 47.0 Å². The summed E-state index contributed by atoms with van der Waals surface area (Å²) >= 11 is 0. The van der Waals surface area contributed by atoms with Gasteiger partial charge < -0.3 is 19.6 Å². The zero-order chi connectivity index (χ0) is 16.8. The van der Waals surface area contributed by atoms with E-state index in [9.17, 15) is 9.59 Å². The number of carbonyl (C=O) groups is 2. The van der Waals surface area contributed by atoms with Gasteiger partial charge >= 0.3 is 12.1 Å². The van der Waals surface area contributed by atoms with E-state index in [2.05, 4.69) is 5.48 Å². The first kappa shape index (κ1) is 18.7. The lowest BCUT2D eigenvalue weighted by atomic mass is 9.77. The van der Waals surface area contributed by atoms with Crippen LogP contribution in [-0.2, 0) is 14.3 Å². The molecule has 22 heavy (non-hydrogen) atoms. The highest BCUT2D eigenvalue weighted by Gasteiger charge is 2.45. The molecule has 7 heteroatoms. The minimum atomic E-state index is -0.791. The van der Waals surface area contributed by atoms with Crippen molar-refractivity contribution in [1.82, 2.24) is 10.4 Å². The quantitative estimate of drug-likeness (QED) is 0.595.